The van der Waals surface area contributed by atoms with Gasteiger partial charge in [0.1, 0.15) is 0 Å². The van der Waals surface area contributed by atoms with E-state index < -0.39 is 5.97 Å². The fourth-order valence-electron chi connectivity index (χ4n) is 1.53. The Morgan fingerprint density at radius 3 is 2.82 bits per heavy atom. The average Bonchev–Trinajstić information content (AvgIpc) is 2.68. The molecule has 1 aromatic rings. The smallest absolute Gasteiger partial charge is 0.354 e. The summed E-state index contributed by atoms with van der Waals surface area (Å²) in [7, 11) is 0. The summed E-state index contributed by atoms with van der Waals surface area (Å²) in [5.41, 5.74) is 0.443. The number of nitrogens with one attached hydrogen (secondary N) is 1. The van der Waals surface area contributed by atoms with Crippen LogP contribution in [0.4, 0.5) is 0 Å². The van der Waals surface area contributed by atoms with Crippen molar-refractivity contribution in [1.29, 1.82) is 0 Å². The first-order valence-electron chi connectivity index (χ1n) is 5.03. The summed E-state index contributed by atoms with van der Waals surface area (Å²) in [6.07, 6.45) is 7.01. The summed E-state index contributed by atoms with van der Waals surface area (Å²) < 4.78 is 0. The largest absolute Gasteiger partial charge is 0.477 e. The van der Waals surface area contributed by atoms with Gasteiger partial charge in [-0.15, -0.1) is 0 Å². The van der Waals surface area contributed by atoms with Gasteiger partial charge in [0.25, 0.3) is 0 Å². The minimum atomic E-state index is -1.24. The highest BCUT2D eigenvalue weighted by molar-refractivity contribution is 6.35. The van der Waals surface area contributed by atoms with Gasteiger partial charge in [0.15, 0.2) is 5.71 Å². The Kier molecular flexibility index (Phi) is 4.28. The van der Waals surface area contributed by atoms with Crippen LogP contribution < -0.4 is 10.6 Å². The molecule has 0 saturated heterocycles. The Bertz CT molecular complexity index is 567. The Labute approximate surface area is 98.1 Å². The number of carboxylic acid groups (broad SMARTS) is 1. The van der Waals surface area contributed by atoms with E-state index in [1.54, 1.807) is 18.3 Å². The molecule has 0 amide bonds. The van der Waals surface area contributed by atoms with Crippen LogP contribution in [0.15, 0.2) is 24.0 Å². The van der Waals surface area contributed by atoms with Gasteiger partial charge in [0, 0.05) is 23.2 Å². The Hall–Kier alpha value is -2.30. The molecule has 0 spiro atoms. The lowest BCUT2D eigenvalue weighted by molar-refractivity contribution is -0.129. The second-order valence-electron chi connectivity index (χ2n) is 3.36. The lowest BCUT2D eigenvalue weighted by atomic mass is 10.1. The number of oxime groups is 1. The van der Waals surface area contributed by atoms with E-state index in [-0.39, 0.29) is 12.1 Å². The van der Waals surface area contributed by atoms with E-state index in [2.05, 4.69) is 16.7 Å². The minimum absolute atomic E-state index is 0.0514. The Morgan fingerprint density at radius 1 is 1.65 bits per heavy atom. The summed E-state index contributed by atoms with van der Waals surface area (Å²) in [5.74, 6) is -1.24. The highest BCUT2D eigenvalue weighted by atomic mass is 16.4. The van der Waals surface area contributed by atoms with E-state index in [1.165, 1.54) is 0 Å². The SMILES string of the molecule is C=C/C=c1/c(C/C(=N\O)C(=O)O)c[nH]/c1=C/C. The maximum Gasteiger partial charge on any atom is 0.354 e. The number of aromatic nitrogens is 1. The van der Waals surface area contributed by atoms with Crippen LogP contribution >= 0.6 is 0 Å². The van der Waals surface area contributed by atoms with Crippen molar-refractivity contribution in [2.45, 2.75) is 13.3 Å². The van der Waals surface area contributed by atoms with Crippen molar-refractivity contribution in [2.24, 2.45) is 5.16 Å². The Morgan fingerprint density at radius 2 is 2.35 bits per heavy atom. The third-order valence-electron chi connectivity index (χ3n) is 2.34. The van der Waals surface area contributed by atoms with E-state index in [4.69, 9.17) is 10.3 Å². The molecule has 1 aromatic heterocycles. The van der Waals surface area contributed by atoms with Gasteiger partial charge in [-0.05, 0) is 12.5 Å². The molecule has 0 aliphatic rings. The second-order valence-corrected chi connectivity index (χ2v) is 3.36. The third kappa shape index (κ3) is 2.84. The first-order valence-corrected chi connectivity index (χ1v) is 5.03. The minimum Gasteiger partial charge on any atom is -0.477 e. The normalized spacial score (nSPS) is 14.1. The van der Waals surface area contributed by atoms with Crippen LogP contribution in [0.1, 0.15) is 12.5 Å². The molecule has 0 saturated carbocycles. The third-order valence-corrected chi connectivity index (χ3v) is 2.34. The average molecular weight is 234 g/mol. The molecule has 90 valence electrons. The number of rotatable bonds is 4. The summed E-state index contributed by atoms with van der Waals surface area (Å²) in [6.45, 7) is 5.48. The lowest BCUT2D eigenvalue weighted by Crippen LogP contribution is -2.27. The van der Waals surface area contributed by atoms with Crippen LogP contribution in [0.25, 0.3) is 12.2 Å². The molecule has 0 aliphatic heterocycles. The summed E-state index contributed by atoms with van der Waals surface area (Å²) in [6, 6.07) is 0. The number of H-pyrrole nitrogens is 1. The molecule has 1 rings (SSSR count). The van der Waals surface area contributed by atoms with Crippen molar-refractivity contribution in [2.75, 3.05) is 0 Å². The summed E-state index contributed by atoms with van der Waals surface area (Å²) in [4.78, 5) is 13.8. The number of aromatic amines is 1. The molecule has 1 heterocycles. The van der Waals surface area contributed by atoms with Crippen molar-refractivity contribution in [3.05, 3.63) is 35.0 Å². The van der Waals surface area contributed by atoms with Gasteiger partial charge in [-0.25, -0.2) is 4.79 Å². The zero-order valence-electron chi connectivity index (χ0n) is 9.47. The molecule has 5 heteroatoms. The van der Waals surface area contributed by atoms with Crippen LogP contribution in [-0.4, -0.2) is 27.0 Å². The van der Waals surface area contributed by atoms with E-state index in [0.717, 1.165) is 16.1 Å². The standard InChI is InChI=1S/C12H14N2O3/c1-3-5-9-8(7-13-10(9)4-2)6-11(14-17)12(15)16/h3-5,7,13,17H,1,6H2,2H3,(H,15,16)/b9-5-,10-4+,14-11+. The van der Waals surface area contributed by atoms with Crippen LogP contribution in [0.5, 0.6) is 0 Å². The van der Waals surface area contributed by atoms with Gasteiger partial charge in [-0.3, -0.25) is 0 Å². The maximum atomic E-state index is 10.7. The van der Waals surface area contributed by atoms with Crippen molar-refractivity contribution < 1.29 is 15.1 Å². The van der Waals surface area contributed by atoms with Gasteiger partial charge in [0.05, 0.1) is 0 Å². The van der Waals surface area contributed by atoms with E-state index in [1.807, 2.05) is 13.0 Å². The summed E-state index contributed by atoms with van der Waals surface area (Å²) >= 11 is 0. The number of aliphatic carboxylic acids is 1. The van der Waals surface area contributed by atoms with Crippen LogP contribution in [-0.2, 0) is 11.2 Å². The topological polar surface area (TPSA) is 85.7 Å². The number of nitrogens with zero attached hydrogens (tertiary/aromatic N) is 1. The van der Waals surface area contributed by atoms with Gasteiger partial charge in [-0.2, -0.15) is 0 Å². The van der Waals surface area contributed by atoms with Crippen molar-refractivity contribution >= 4 is 23.8 Å². The number of carboxylic acids is 1. The van der Waals surface area contributed by atoms with Crippen molar-refractivity contribution in [3.8, 4) is 0 Å². The molecule has 17 heavy (non-hydrogen) atoms. The zero-order valence-corrected chi connectivity index (χ0v) is 9.47. The fraction of sp³-hybridized carbons (Fsp3) is 0.167. The van der Waals surface area contributed by atoms with Crippen LogP contribution in [0, 0.1) is 0 Å². The van der Waals surface area contributed by atoms with Crippen LogP contribution in [0.2, 0.25) is 0 Å². The van der Waals surface area contributed by atoms with Gasteiger partial charge in [0.2, 0.25) is 0 Å². The maximum absolute atomic E-state index is 10.7. The molecule has 0 aliphatic carbocycles. The monoisotopic (exact) mass is 234 g/mol. The quantitative estimate of drug-likeness (QED) is 0.396. The predicted molar refractivity (Wildman–Crippen MR) is 65.4 cm³/mol. The van der Waals surface area contributed by atoms with Crippen molar-refractivity contribution in [3.63, 3.8) is 0 Å². The summed E-state index contributed by atoms with van der Waals surface area (Å²) in [5, 5.41) is 21.9. The van der Waals surface area contributed by atoms with E-state index >= 15 is 0 Å². The van der Waals surface area contributed by atoms with E-state index in [9.17, 15) is 4.79 Å². The van der Waals surface area contributed by atoms with Gasteiger partial charge >= 0.3 is 5.97 Å². The highest BCUT2D eigenvalue weighted by Gasteiger charge is 2.12. The second kappa shape index (κ2) is 5.69. The highest BCUT2D eigenvalue weighted by Crippen LogP contribution is 1.93. The van der Waals surface area contributed by atoms with Gasteiger partial charge < -0.3 is 15.3 Å². The first kappa shape index (κ1) is 12.8. The zero-order chi connectivity index (χ0) is 12.8. The molecular formula is C12H14N2O3. The molecule has 0 bridgehead atoms. The molecule has 0 aromatic carbocycles. The van der Waals surface area contributed by atoms with Crippen molar-refractivity contribution in [1.82, 2.24) is 4.98 Å². The molecule has 0 atom stereocenters. The number of hydrogen-bond donors (Lipinski definition) is 3. The molecular weight excluding hydrogens is 220 g/mol. The number of hydrogen-bond acceptors (Lipinski definition) is 3. The first-order chi connectivity index (χ1) is 8.13. The molecule has 0 fully saturated rings. The predicted octanol–water partition coefficient (Wildman–Crippen LogP) is 0.239. The number of carbonyl (C=O) groups is 1. The Balaban J connectivity index is 3.26. The molecule has 0 unspecified atom stereocenters. The number of allylic oxidation sites excluding steroid dienone is 1. The van der Waals surface area contributed by atoms with Gasteiger partial charge in [-0.1, -0.05) is 30.0 Å². The molecule has 5 nitrogen and oxygen atoms in total. The fourth-order valence-corrected chi connectivity index (χ4v) is 1.53. The molecule has 0 radical (unpaired) electrons. The van der Waals surface area contributed by atoms with Crippen LogP contribution in [0.3, 0.4) is 0 Å². The lowest BCUT2D eigenvalue weighted by Gasteiger charge is -1.96. The molecule has 3 N–H and O–H groups in total. The van der Waals surface area contributed by atoms with E-state index in [0.29, 0.717) is 0 Å².